The maximum atomic E-state index is 4.79. The molecule has 0 spiro atoms. The average molecular weight is 136 g/mol. The molecule has 0 saturated carbocycles. The minimum absolute atomic E-state index is 0.614. The summed E-state index contributed by atoms with van der Waals surface area (Å²) in [5, 5.41) is 0. The van der Waals surface area contributed by atoms with Crippen molar-refractivity contribution in [2.24, 2.45) is 0 Å². The molecule has 0 saturated heterocycles. The minimum atomic E-state index is 0.614. The van der Waals surface area contributed by atoms with Crippen LogP contribution in [0.15, 0.2) is 49.3 Å². The summed E-state index contributed by atoms with van der Waals surface area (Å²) < 4.78 is 4.79. The molecule has 1 heteroatoms. The van der Waals surface area contributed by atoms with Gasteiger partial charge in [0, 0.05) is 0 Å². The third-order valence-corrected chi connectivity index (χ3v) is 1.01. The zero-order chi connectivity index (χ0) is 7.98. The molecule has 0 aromatic rings. The molecule has 0 aromatic carbocycles. The molecule has 0 unspecified atom stereocenters. The summed E-state index contributed by atoms with van der Waals surface area (Å²) in [6.07, 6.45) is 5.20. The Balaban J connectivity index is 3.87. The van der Waals surface area contributed by atoms with Gasteiger partial charge in [0.25, 0.3) is 0 Å². The van der Waals surface area contributed by atoms with Gasteiger partial charge in [-0.15, -0.1) is 0 Å². The predicted molar refractivity (Wildman–Crippen MR) is 44.6 cm³/mol. The average Bonchev–Trinajstić information content (AvgIpc) is 1.99. The fourth-order valence-corrected chi connectivity index (χ4v) is 0.336. The number of ether oxygens (including phenoxy) is 1. The molecule has 0 aliphatic carbocycles. The molecular weight excluding hydrogens is 124 g/mol. The molecule has 0 aliphatic heterocycles. The van der Waals surface area contributed by atoms with E-state index in [0.717, 1.165) is 5.57 Å². The maximum absolute atomic E-state index is 4.79. The second kappa shape index (κ2) is 4.62. The second-order valence-corrected chi connectivity index (χ2v) is 1.78. The summed E-state index contributed by atoms with van der Waals surface area (Å²) in [5.74, 6) is 0.614. The molecule has 0 atom stereocenters. The molecule has 0 aliphatic rings. The van der Waals surface area contributed by atoms with Crippen molar-refractivity contribution in [1.82, 2.24) is 0 Å². The zero-order valence-electron chi connectivity index (χ0n) is 6.26. The van der Waals surface area contributed by atoms with E-state index in [1.54, 1.807) is 25.3 Å². The van der Waals surface area contributed by atoms with E-state index in [9.17, 15) is 0 Å². The maximum Gasteiger partial charge on any atom is 0.111 e. The van der Waals surface area contributed by atoms with Crippen molar-refractivity contribution < 1.29 is 4.74 Å². The molecule has 0 amide bonds. The van der Waals surface area contributed by atoms with Gasteiger partial charge in [-0.1, -0.05) is 31.9 Å². The normalized spacial score (nSPS) is 9.30. The van der Waals surface area contributed by atoms with Crippen LogP contribution in [0.1, 0.15) is 0 Å². The molecule has 0 N–H and O–H groups in total. The molecule has 1 nitrogen and oxygen atoms in total. The lowest BCUT2D eigenvalue weighted by molar-refractivity contribution is 0.309. The van der Waals surface area contributed by atoms with E-state index >= 15 is 0 Å². The molecule has 0 rings (SSSR count). The third-order valence-electron chi connectivity index (χ3n) is 1.01. The number of methoxy groups -OCH3 is 1. The zero-order valence-corrected chi connectivity index (χ0v) is 6.26. The fraction of sp³-hybridized carbons (Fsp3) is 0.111. The number of hydrogen-bond donors (Lipinski definition) is 0. The van der Waals surface area contributed by atoms with Crippen molar-refractivity contribution in [2.45, 2.75) is 0 Å². The lowest BCUT2D eigenvalue weighted by Crippen LogP contribution is -1.76. The lowest BCUT2D eigenvalue weighted by Gasteiger charge is -1.94. The topological polar surface area (TPSA) is 9.23 Å². The van der Waals surface area contributed by atoms with Crippen LogP contribution >= 0.6 is 0 Å². The van der Waals surface area contributed by atoms with Crippen LogP contribution in [-0.4, -0.2) is 7.11 Å². The molecule has 0 heterocycles. The van der Waals surface area contributed by atoms with Crippen LogP contribution in [0.3, 0.4) is 0 Å². The van der Waals surface area contributed by atoms with E-state index in [0.29, 0.717) is 5.76 Å². The van der Waals surface area contributed by atoms with E-state index in [1.165, 1.54) is 0 Å². The molecule has 0 radical (unpaired) electrons. The van der Waals surface area contributed by atoms with Crippen molar-refractivity contribution in [3.8, 4) is 0 Å². The van der Waals surface area contributed by atoms with E-state index in [2.05, 4.69) is 19.7 Å². The van der Waals surface area contributed by atoms with E-state index in [-0.39, 0.29) is 0 Å². The van der Waals surface area contributed by atoms with Gasteiger partial charge >= 0.3 is 0 Å². The van der Waals surface area contributed by atoms with E-state index in [1.807, 2.05) is 0 Å². The van der Waals surface area contributed by atoms with Crippen LogP contribution in [-0.2, 0) is 4.74 Å². The highest BCUT2D eigenvalue weighted by Gasteiger charge is 1.81. The van der Waals surface area contributed by atoms with Gasteiger partial charge in [-0.25, -0.2) is 0 Å². The number of allylic oxidation sites excluding steroid dienone is 4. The van der Waals surface area contributed by atoms with Gasteiger partial charge in [0.2, 0.25) is 0 Å². The molecule has 54 valence electrons. The van der Waals surface area contributed by atoms with Crippen LogP contribution < -0.4 is 0 Å². The largest absolute Gasteiger partial charge is 0.497 e. The SMILES string of the molecule is C=CC(=C)/C=C\C(=C)OC. The van der Waals surface area contributed by atoms with Crippen LogP contribution in [0.5, 0.6) is 0 Å². The van der Waals surface area contributed by atoms with Gasteiger partial charge in [0.05, 0.1) is 7.11 Å². The Kier molecular flexibility index (Phi) is 4.05. The Hall–Kier alpha value is -1.24. The van der Waals surface area contributed by atoms with Crippen LogP contribution in [0, 0.1) is 0 Å². The fourth-order valence-electron chi connectivity index (χ4n) is 0.336. The van der Waals surface area contributed by atoms with Gasteiger partial charge in [-0.05, 0) is 11.6 Å². The van der Waals surface area contributed by atoms with Gasteiger partial charge < -0.3 is 4.74 Å². The first-order valence-electron chi connectivity index (χ1n) is 2.93. The van der Waals surface area contributed by atoms with Crippen LogP contribution in [0.25, 0.3) is 0 Å². The summed E-state index contributed by atoms with van der Waals surface area (Å²) in [6, 6.07) is 0. The second-order valence-electron chi connectivity index (χ2n) is 1.78. The van der Waals surface area contributed by atoms with Crippen molar-refractivity contribution in [3.05, 3.63) is 49.3 Å². The molecule has 0 aromatic heterocycles. The highest BCUT2D eigenvalue weighted by atomic mass is 16.5. The van der Waals surface area contributed by atoms with Gasteiger partial charge in [-0.3, -0.25) is 0 Å². The van der Waals surface area contributed by atoms with Gasteiger partial charge in [0.1, 0.15) is 5.76 Å². The molecule has 10 heavy (non-hydrogen) atoms. The number of hydrogen-bond acceptors (Lipinski definition) is 1. The van der Waals surface area contributed by atoms with Gasteiger partial charge in [-0.2, -0.15) is 0 Å². The summed E-state index contributed by atoms with van der Waals surface area (Å²) in [6.45, 7) is 10.8. The summed E-state index contributed by atoms with van der Waals surface area (Å²) in [4.78, 5) is 0. The molecule has 0 bridgehead atoms. The van der Waals surface area contributed by atoms with E-state index in [4.69, 9.17) is 4.74 Å². The van der Waals surface area contributed by atoms with Crippen molar-refractivity contribution in [2.75, 3.05) is 7.11 Å². The standard InChI is InChI=1S/C9H12O/c1-5-8(2)6-7-9(3)10-4/h5-7H,1-3H2,4H3/b7-6-. The monoisotopic (exact) mass is 136 g/mol. The van der Waals surface area contributed by atoms with Crippen molar-refractivity contribution in [3.63, 3.8) is 0 Å². The minimum Gasteiger partial charge on any atom is -0.497 e. The number of rotatable bonds is 4. The Morgan fingerprint density at radius 2 is 1.90 bits per heavy atom. The third kappa shape index (κ3) is 3.72. The first-order valence-corrected chi connectivity index (χ1v) is 2.93. The Labute approximate surface area is 62.0 Å². The Bertz CT molecular complexity index is 175. The quantitative estimate of drug-likeness (QED) is 0.426. The smallest absolute Gasteiger partial charge is 0.111 e. The molecule has 0 fully saturated rings. The van der Waals surface area contributed by atoms with Crippen LogP contribution in [0.2, 0.25) is 0 Å². The van der Waals surface area contributed by atoms with Crippen LogP contribution in [0.4, 0.5) is 0 Å². The van der Waals surface area contributed by atoms with Crippen molar-refractivity contribution in [1.29, 1.82) is 0 Å². The van der Waals surface area contributed by atoms with Gasteiger partial charge in [0.15, 0.2) is 0 Å². The summed E-state index contributed by atoms with van der Waals surface area (Å²) in [7, 11) is 1.57. The molecular formula is C9H12O. The first-order chi connectivity index (χ1) is 4.70. The lowest BCUT2D eigenvalue weighted by atomic mass is 10.3. The Morgan fingerprint density at radius 3 is 2.30 bits per heavy atom. The highest BCUT2D eigenvalue weighted by molar-refractivity contribution is 5.28. The van der Waals surface area contributed by atoms with Crippen molar-refractivity contribution >= 4 is 0 Å². The predicted octanol–water partition coefficient (Wildman–Crippen LogP) is 2.44. The summed E-state index contributed by atoms with van der Waals surface area (Å²) in [5.41, 5.74) is 0.846. The summed E-state index contributed by atoms with van der Waals surface area (Å²) >= 11 is 0. The first kappa shape index (κ1) is 8.76. The Morgan fingerprint density at radius 1 is 1.30 bits per heavy atom. The van der Waals surface area contributed by atoms with E-state index < -0.39 is 0 Å². The highest BCUT2D eigenvalue weighted by Crippen LogP contribution is 1.98.